The molecule has 0 fully saturated rings. The van der Waals surface area contributed by atoms with Gasteiger partial charge in [0, 0.05) is 29.7 Å². The Bertz CT molecular complexity index is 785. The fourth-order valence-corrected chi connectivity index (χ4v) is 2.09. The van der Waals surface area contributed by atoms with Crippen molar-refractivity contribution in [2.45, 2.75) is 33.2 Å². The van der Waals surface area contributed by atoms with Crippen LogP contribution in [0.15, 0.2) is 42.7 Å². The van der Waals surface area contributed by atoms with E-state index in [2.05, 4.69) is 15.6 Å². The normalized spacial score (nSPS) is 11.5. The van der Waals surface area contributed by atoms with Crippen LogP contribution in [-0.2, 0) is 0 Å². The molecule has 2 rings (SSSR count). The highest BCUT2D eigenvalue weighted by Crippen LogP contribution is 2.12. The summed E-state index contributed by atoms with van der Waals surface area (Å²) in [6, 6.07) is 8.15. The van der Waals surface area contributed by atoms with E-state index >= 15 is 0 Å². The highest BCUT2D eigenvalue weighted by Gasteiger charge is 2.13. The van der Waals surface area contributed by atoms with Crippen LogP contribution in [0.25, 0.3) is 0 Å². The van der Waals surface area contributed by atoms with Crippen LogP contribution in [0, 0.1) is 0 Å². The van der Waals surface area contributed by atoms with Gasteiger partial charge in [-0.3, -0.25) is 19.4 Å². The Morgan fingerprint density at radius 3 is 2.16 bits per heavy atom. The van der Waals surface area contributed by atoms with E-state index in [0.717, 1.165) is 6.42 Å². The lowest BCUT2D eigenvalue weighted by Crippen LogP contribution is -2.32. The van der Waals surface area contributed by atoms with Crippen LogP contribution in [0.5, 0.6) is 0 Å². The minimum Gasteiger partial charge on any atom is -0.350 e. The van der Waals surface area contributed by atoms with Crippen molar-refractivity contribution in [1.82, 2.24) is 10.3 Å². The Labute approximate surface area is 146 Å². The van der Waals surface area contributed by atoms with Gasteiger partial charge in [0.2, 0.25) is 0 Å². The number of anilines is 1. The summed E-state index contributed by atoms with van der Waals surface area (Å²) in [6.45, 7) is 5.37. The van der Waals surface area contributed by atoms with Crippen LogP contribution in [0.3, 0.4) is 0 Å². The second-order valence-corrected chi connectivity index (χ2v) is 5.83. The van der Waals surface area contributed by atoms with Gasteiger partial charge in [0.15, 0.2) is 5.78 Å². The van der Waals surface area contributed by atoms with Crippen LogP contribution < -0.4 is 10.6 Å². The third-order valence-corrected chi connectivity index (χ3v) is 3.80. The van der Waals surface area contributed by atoms with Gasteiger partial charge in [-0.25, -0.2) is 0 Å². The molecule has 0 aliphatic rings. The van der Waals surface area contributed by atoms with E-state index in [1.807, 2.05) is 13.8 Å². The maximum atomic E-state index is 12.3. The van der Waals surface area contributed by atoms with Gasteiger partial charge in [-0.1, -0.05) is 6.92 Å². The summed E-state index contributed by atoms with van der Waals surface area (Å²) in [5, 5.41) is 5.56. The minimum absolute atomic E-state index is 0.0397. The third-order valence-electron chi connectivity index (χ3n) is 3.80. The van der Waals surface area contributed by atoms with Crippen molar-refractivity contribution in [3.8, 4) is 0 Å². The Balaban J connectivity index is 2.10. The molecule has 0 aliphatic heterocycles. The van der Waals surface area contributed by atoms with Gasteiger partial charge in [-0.15, -0.1) is 0 Å². The maximum Gasteiger partial charge on any atom is 0.257 e. The predicted molar refractivity (Wildman–Crippen MR) is 95.9 cm³/mol. The van der Waals surface area contributed by atoms with Gasteiger partial charge in [0.1, 0.15) is 0 Å². The summed E-state index contributed by atoms with van der Waals surface area (Å²) in [4.78, 5) is 39.7. The van der Waals surface area contributed by atoms with Crippen molar-refractivity contribution in [1.29, 1.82) is 0 Å². The first-order valence-corrected chi connectivity index (χ1v) is 8.09. The number of carbonyl (C=O) groups is 3. The molecular weight excluding hydrogens is 318 g/mol. The SMILES string of the molecule is CCC(C)NC(=O)c1cncc(C(=O)Nc2ccc(C(C)=O)cc2)c1. The average molecular weight is 339 g/mol. The topological polar surface area (TPSA) is 88.2 Å². The van der Waals surface area contributed by atoms with E-state index in [9.17, 15) is 14.4 Å². The van der Waals surface area contributed by atoms with Crippen molar-refractivity contribution in [2.75, 3.05) is 5.32 Å². The number of benzene rings is 1. The van der Waals surface area contributed by atoms with Crippen molar-refractivity contribution in [2.24, 2.45) is 0 Å². The summed E-state index contributed by atoms with van der Waals surface area (Å²) < 4.78 is 0. The van der Waals surface area contributed by atoms with Crippen molar-refractivity contribution >= 4 is 23.3 Å². The van der Waals surface area contributed by atoms with Gasteiger partial charge in [0.25, 0.3) is 11.8 Å². The van der Waals surface area contributed by atoms with Crippen molar-refractivity contribution in [3.05, 3.63) is 59.4 Å². The lowest BCUT2D eigenvalue weighted by atomic mass is 10.1. The molecule has 0 saturated carbocycles. The number of nitrogens with zero attached hydrogens (tertiary/aromatic N) is 1. The number of rotatable bonds is 6. The van der Waals surface area contributed by atoms with Crippen LogP contribution in [-0.4, -0.2) is 28.6 Å². The molecule has 2 amide bonds. The smallest absolute Gasteiger partial charge is 0.257 e. The molecule has 1 heterocycles. The van der Waals surface area contributed by atoms with Crippen LogP contribution in [0.1, 0.15) is 58.3 Å². The molecule has 0 spiro atoms. The van der Waals surface area contributed by atoms with Gasteiger partial charge in [-0.2, -0.15) is 0 Å². The van der Waals surface area contributed by atoms with Gasteiger partial charge in [-0.05, 0) is 50.6 Å². The molecule has 0 saturated heterocycles. The molecule has 0 radical (unpaired) electrons. The molecule has 0 aliphatic carbocycles. The number of pyridine rings is 1. The predicted octanol–water partition coefficient (Wildman–Crippen LogP) is 3.06. The fourth-order valence-electron chi connectivity index (χ4n) is 2.09. The molecule has 130 valence electrons. The number of amides is 2. The summed E-state index contributed by atoms with van der Waals surface area (Å²) in [5.41, 5.74) is 1.75. The zero-order valence-corrected chi connectivity index (χ0v) is 14.5. The Morgan fingerprint density at radius 1 is 1.00 bits per heavy atom. The first-order valence-electron chi connectivity index (χ1n) is 8.09. The Morgan fingerprint density at radius 2 is 1.60 bits per heavy atom. The zero-order valence-electron chi connectivity index (χ0n) is 14.5. The summed E-state index contributed by atoms with van der Waals surface area (Å²) >= 11 is 0. The highest BCUT2D eigenvalue weighted by atomic mass is 16.2. The molecule has 2 N–H and O–H groups in total. The lowest BCUT2D eigenvalue weighted by Gasteiger charge is -2.11. The zero-order chi connectivity index (χ0) is 18.4. The van der Waals surface area contributed by atoms with Crippen LogP contribution in [0.2, 0.25) is 0 Å². The van der Waals surface area contributed by atoms with Crippen molar-refractivity contribution in [3.63, 3.8) is 0 Å². The quantitative estimate of drug-likeness (QED) is 0.792. The number of hydrogen-bond donors (Lipinski definition) is 2. The van der Waals surface area contributed by atoms with Gasteiger partial charge >= 0.3 is 0 Å². The second kappa shape index (κ2) is 8.19. The molecule has 6 nitrogen and oxygen atoms in total. The Hall–Kier alpha value is -3.02. The molecular formula is C19H21N3O3. The Kier molecular flexibility index (Phi) is 6.00. The molecule has 0 bridgehead atoms. The van der Waals surface area contributed by atoms with E-state index < -0.39 is 0 Å². The molecule has 25 heavy (non-hydrogen) atoms. The highest BCUT2D eigenvalue weighted by molar-refractivity contribution is 6.06. The number of nitrogens with one attached hydrogen (secondary N) is 2. The summed E-state index contributed by atoms with van der Waals surface area (Å²) in [6.07, 6.45) is 3.64. The maximum absolute atomic E-state index is 12.3. The molecule has 1 aromatic heterocycles. The van der Waals surface area contributed by atoms with Crippen LogP contribution >= 0.6 is 0 Å². The first kappa shape index (κ1) is 18.3. The molecule has 1 aromatic carbocycles. The number of aromatic nitrogens is 1. The van der Waals surface area contributed by atoms with E-state index in [-0.39, 0.29) is 29.2 Å². The number of Topliss-reactive ketones (excluding diaryl/α,β-unsaturated/α-hetero) is 1. The molecule has 2 aromatic rings. The first-order chi connectivity index (χ1) is 11.9. The third kappa shape index (κ3) is 4.97. The molecule has 1 atom stereocenters. The second-order valence-electron chi connectivity index (χ2n) is 5.83. The van der Waals surface area contributed by atoms with E-state index in [1.165, 1.54) is 25.4 Å². The van der Waals surface area contributed by atoms with Crippen molar-refractivity contribution < 1.29 is 14.4 Å². The number of carbonyl (C=O) groups excluding carboxylic acids is 3. The lowest BCUT2D eigenvalue weighted by molar-refractivity contribution is 0.0938. The summed E-state index contributed by atoms with van der Waals surface area (Å²) in [7, 11) is 0. The number of hydrogen-bond acceptors (Lipinski definition) is 4. The summed E-state index contributed by atoms with van der Waals surface area (Å²) in [5.74, 6) is -0.675. The minimum atomic E-state index is -0.374. The fraction of sp³-hybridized carbons (Fsp3) is 0.263. The monoisotopic (exact) mass is 339 g/mol. The molecule has 6 heteroatoms. The standard InChI is InChI=1S/C19H21N3O3/c1-4-12(2)21-18(24)15-9-16(11-20-10-15)19(25)22-17-7-5-14(6-8-17)13(3)23/h5-12H,4H2,1-3H3,(H,21,24)(H,22,25). The average Bonchev–Trinajstić information content (AvgIpc) is 2.62. The number of ketones is 1. The van der Waals surface area contributed by atoms with E-state index in [0.29, 0.717) is 16.8 Å². The van der Waals surface area contributed by atoms with E-state index in [4.69, 9.17) is 0 Å². The van der Waals surface area contributed by atoms with Crippen LogP contribution in [0.4, 0.5) is 5.69 Å². The van der Waals surface area contributed by atoms with Gasteiger partial charge < -0.3 is 10.6 Å². The van der Waals surface area contributed by atoms with E-state index in [1.54, 1.807) is 24.3 Å². The van der Waals surface area contributed by atoms with Gasteiger partial charge in [0.05, 0.1) is 11.1 Å². The molecule has 1 unspecified atom stereocenters. The largest absolute Gasteiger partial charge is 0.350 e.